The molecule has 0 radical (unpaired) electrons. The van der Waals surface area contributed by atoms with Crippen LogP contribution >= 0.6 is 0 Å². The first-order valence-corrected chi connectivity index (χ1v) is 6.42. The molecule has 2 heteroatoms. The molecule has 0 aliphatic carbocycles. The number of aryl methyl sites for hydroxylation is 1. The molecule has 0 saturated heterocycles. The van der Waals surface area contributed by atoms with Crippen LogP contribution in [0, 0.1) is 6.92 Å². The van der Waals surface area contributed by atoms with Crippen molar-refractivity contribution >= 4 is 0 Å². The van der Waals surface area contributed by atoms with Crippen molar-refractivity contribution in [1.82, 2.24) is 10.2 Å². The number of benzene rings is 1. The van der Waals surface area contributed by atoms with Crippen molar-refractivity contribution < 1.29 is 0 Å². The van der Waals surface area contributed by atoms with Gasteiger partial charge < -0.3 is 10.2 Å². The second-order valence-corrected chi connectivity index (χ2v) is 5.58. The van der Waals surface area contributed by atoms with Crippen molar-refractivity contribution in [2.75, 3.05) is 20.1 Å². The van der Waals surface area contributed by atoms with Crippen LogP contribution in [0.1, 0.15) is 31.9 Å². The summed E-state index contributed by atoms with van der Waals surface area (Å²) in [6, 6.07) is 8.74. The lowest BCUT2D eigenvalue weighted by molar-refractivity contribution is 0.231. The maximum absolute atomic E-state index is 3.51. The van der Waals surface area contributed by atoms with Crippen LogP contribution in [0.2, 0.25) is 0 Å². The van der Waals surface area contributed by atoms with Crippen molar-refractivity contribution in [3.05, 3.63) is 35.4 Å². The van der Waals surface area contributed by atoms with E-state index in [9.17, 15) is 0 Å². The molecule has 0 bridgehead atoms. The maximum atomic E-state index is 3.51. The SMILES string of the molecule is CCNC(C)(C)CN(C)Cc1cccc(C)c1. The Kier molecular flexibility index (Phi) is 5.16. The van der Waals surface area contributed by atoms with Gasteiger partial charge in [-0.3, -0.25) is 0 Å². The van der Waals surface area contributed by atoms with Crippen LogP contribution in [0.15, 0.2) is 24.3 Å². The average molecular weight is 234 g/mol. The van der Waals surface area contributed by atoms with E-state index in [0.29, 0.717) is 0 Å². The summed E-state index contributed by atoms with van der Waals surface area (Å²) in [5.41, 5.74) is 2.90. The second kappa shape index (κ2) is 6.18. The van der Waals surface area contributed by atoms with E-state index in [1.54, 1.807) is 0 Å². The molecule has 0 aliphatic rings. The maximum Gasteiger partial charge on any atom is 0.0252 e. The molecule has 1 aromatic carbocycles. The van der Waals surface area contributed by atoms with Crippen LogP contribution in [-0.2, 0) is 6.54 Å². The summed E-state index contributed by atoms with van der Waals surface area (Å²) in [7, 11) is 2.18. The van der Waals surface area contributed by atoms with Crippen molar-refractivity contribution in [3.63, 3.8) is 0 Å². The molecule has 2 nitrogen and oxygen atoms in total. The molecule has 0 spiro atoms. The van der Waals surface area contributed by atoms with Gasteiger partial charge in [-0.05, 0) is 39.9 Å². The summed E-state index contributed by atoms with van der Waals surface area (Å²) in [6.45, 7) is 11.9. The predicted octanol–water partition coefficient (Wildman–Crippen LogP) is 2.81. The van der Waals surface area contributed by atoms with E-state index in [2.05, 4.69) is 69.2 Å². The zero-order valence-electron chi connectivity index (χ0n) is 11.9. The summed E-state index contributed by atoms with van der Waals surface area (Å²) >= 11 is 0. The van der Waals surface area contributed by atoms with Gasteiger partial charge in [-0.2, -0.15) is 0 Å². The molecule has 0 heterocycles. The third kappa shape index (κ3) is 5.33. The number of hydrogen-bond acceptors (Lipinski definition) is 2. The minimum atomic E-state index is 0.174. The zero-order valence-corrected chi connectivity index (χ0v) is 11.9. The fourth-order valence-corrected chi connectivity index (χ4v) is 2.39. The molecule has 17 heavy (non-hydrogen) atoms. The molecule has 0 aromatic heterocycles. The summed E-state index contributed by atoms with van der Waals surface area (Å²) in [4.78, 5) is 2.37. The first-order chi connectivity index (χ1) is 7.93. The van der Waals surface area contributed by atoms with E-state index in [0.717, 1.165) is 19.6 Å². The first-order valence-electron chi connectivity index (χ1n) is 6.42. The average Bonchev–Trinajstić information content (AvgIpc) is 2.15. The standard InChI is InChI=1S/C15H26N2/c1-6-16-15(3,4)12-17(5)11-14-9-7-8-13(2)10-14/h7-10,16H,6,11-12H2,1-5H3. The van der Waals surface area contributed by atoms with E-state index in [1.165, 1.54) is 11.1 Å². The minimum Gasteiger partial charge on any atom is -0.311 e. The Morgan fingerprint density at radius 1 is 1.29 bits per heavy atom. The zero-order chi connectivity index (χ0) is 12.9. The van der Waals surface area contributed by atoms with Gasteiger partial charge in [0, 0.05) is 18.6 Å². The number of nitrogens with one attached hydrogen (secondary N) is 1. The quantitative estimate of drug-likeness (QED) is 0.814. The van der Waals surface area contributed by atoms with E-state index in [4.69, 9.17) is 0 Å². The molecular formula is C15H26N2. The summed E-state index contributed by atoms with van der Waals surface area (Å²) in [6.07, 6.45) is 0. The molecule has 0 saturated carbocycles. The van der Waals surface area contributed by atoms with Gasteiger partial charge in [-0.25, -0.2) is 0 Å². The number of rotatable bonds is 6. The molecule has 0 aliphatic heterocycles. The van der Waals surface area contributed by atoms with Crippen LogP contribution in [0.3, 0.4) is 0 Å². The highest BCUT2D eigenvalue weighted by Crippen LogP contribution is 2.10. The van der Waals surface area contributed by atoms with Crippen LogP contribution < -0.4 is 5.32 Å². The first kappa shape index (κ1) is 14.2. The van der Waals surface area contributed by atoms with Crippen molar-refractivity contribution in [2.45, 2.75) is 39.8 Å². The molecule has 1 aromatic rings. The summed E-state index contributed by atoms with van der Waals surface area (Å²) in [5, 5.41) is 3.51. The molecule has 0 amide bonds. The predicted molar refractivity (Wildman–Crippen MR) is 75.3 cm³/mol. The lowest BCUT2D eigenvalue weighted by Crippen LogP contribution is -2.47. The van der Waals surface area contributed by atoms with Crippen LogP contribution in [0.25, 0.3) is 0 Å². The molecule has 0 atom stereocenters. The third-order valence-corrected chi connectivity index (χ3v) is 2.86. The minimum absolute atomic E-state index is 0.174. The largest absolute Gasteiger partial charge is 0.311 e. The fourth-order valence-electron chi connectivity index (χ4n) is 2.39. The van der Waals surface area contributed by atoms with E-state index in [-0.39, 0.29) is 5.54 Å². The van der Waals surface area contributed by atoms with Crippen molar-refractivity contribution in [2.24, 2.45) is 0 Å². The molecule has 0 fully saturated rings. The van der Waals surface area contributed by atoms with Gasteiger partial charge in [-0.15, -0.1) is 0 Å². The van der Waals surface area contributed by atoms with Crippen LogP contribution in [-0.4, -0.2) is 30.6 Å². The summed E-state index contributed by atoms with van der Waals surface area (Å²) < 4.78 is 0. The highest BCUT2D eigenvalue weighted by atomic mass is 15.1. The summed E-state index contributed by atoms with van der Waals surface area (Å²) in [5.74, 6) is 0. The lowest BCUT2D eigenvalue weighted by Gasteiger charge is -2.31. The molecule has 0 unspecified atom stereocenters. The van der Waals surface area contributed by atoms with E-state index >= 15 is 0 Å². The highest BCUT2D eigenvalue weighted by molar-refractivity contribution is 5.22. The number of likely N-dealkylation sites (N-methyl/N-ethyl adjacent to an activating group) is 2. The highest BCUT2D eigenvalue weighted by Gasteiger charge is 2.18. The molecule has 1 rings (SSSR count). The fraction of sp³-hybridized carbons (Fsp3) is 0.600. The van der Waals surface area contributed by atoms with Crippen molar-refractivity contribution in [1.29, 1.82) is 0 Å². The smallest absolute Gasteiger partial charge is 0.0252 e. The molecule has 1 N–H and O–H groups in total. The van der Waals surface area contributed by atoms with Gasteiger partial charge in [0.05, 0.1) is 0 Å². The topological polar surface area (TPSA) is 15.3 Å². The van der Waals surface area contributed by atoms with Gasteiger partial charge in [0.25, 0.3) is 0 Å². The number of hydrogen-bond donors (Lipinski definition) is 1. The van der Waals surface area contributed by atoms with Gasteiger partial charge in [-0.1, -0.05) is 36.8 Å². The monoisotopic (exact) mass is 234 g/mol. The van der Waals surface area contributed by atoms with E-state index in [1.807, 2.05) is 0 Å². The van der Waals surface area contributed by atoms with Crippen LogP contribution in [0.4, 0.5) is 0 Å². The van der Waals surface area contributed by atoms with Gasteiger partial charge >= 0.3 is 0 Å². The van der Waals surface area contributed by atoms with Crippen molar-refractivity contribution in [3.8, 4) is 0 Å². The normalized spacial score (nSPS) is 12.1. The Morgan fingerprint density at radius 2 is 2.00 bits per heavy atom. The molecule has 96 valence electrons. The Bertz CT molecular complexity index is 345. The van der Waals surface area contributed by atoms with Crippen LogP contribution in [0.5, 0.6) is 0 Å². The Balaban J connectivity index is 2.52. The Morgan fingerprint density at radius 3 is 2.59 bits per heavy atom. The number of nitrogens with zero attached hydrogens (tertiary/aromatic N) is 1. The van der Waals surface area contributed by atoms with Gasteiger partial charge in [0.1, 0.15) is 0 Å². The van der Waals surface area contributed by atoms with Gasteiger partial charge in [0.15, 0.2) is 0 Å². The Hall–Kier alpha value is -0.860. The second-order valence-electron chi connectivity index (χ2n) is 5.58. The lowest BCUT2D eigenvalue weighted by atomic mass is 10.0. The van der Waals surface area contributed by atoms with Gasteiger partial charge in [0.2, 0.25) is 0 Å². The third-order valence-electron chi connectivity index (χ3n) is 2.86. The van der Waals surface area contributed by atoms with E-state index < -0.39 is 0 Å². The molecular weight excluding hydrogens is 208 g/mol. The Labute approximate surface area is 106 Å².